The van der Waals surface area contributed by atoms with E-state index in [1.807, 2.05) is 48.5 Å². The van der Waals surface area contributed by atoms with Crippen molar-refractivity contribution in [1.82, 2.24) is 9.88 Å². The first-order valence-corrected chi connectivity index (χ1v) is 14.3. The summed E-state index contributed by atoms with van der Waals surface area (Å²) in [5, 5.41) is 3.94. The number of methoxy groups -OCH3 is 4. The van der Waals surface area contributed by atoms with Gasteiger partial charge in [-0.3, -0.25) is 9.59 Å². The first-order chi connectivity index (χ1) is 21.3. The summed E-state index contributed by atoms with van der Waals surface area (Å²) in [5.74, 6) is 2.28. The lowest BCUT2D eigenvalue weighted by molar-refractivity contribution is -0.115. The Hall–Kier alpha value is -5.02. The van der Waals surface area contributed by atoms with Gasteiger partial charge in [0, 0.05) is 30.2 Å². The Labute approximate surface area is 256 Å². The van der Waals surface area contributed by atoms with Gasteiger partial charge < -0.3 is 34.1 Å². The number of benzene rings is 4. The second-order valence-electron chi connectivity index (χ2n) is 10.6. The number of aromatic nitrogens is 1. The molecule has 0 atom stereocenters. The summed E-state index contributed by atoms with van der Waals surface area (Å²) < 4.78 is 21.6. The molecule has 0 fully saturated rings. The van der Waals surface area contributed by atoms with Gasteiger partial charge in [0.1, 0.15) is 11.5 Å². The molecule has 1 amide bonds. The van der Waals surface area contributed by atoms with E-state index in [0.29, 0.717) is 50.3 Å². The van der Waals surface area contributed by atoms with Gasteiger partial charge in [-0.2, -0.15) is 0 Å². The highest BCUT2D eigenvalue weighted by atomic mass is 16.5. The Morgan fingerprint density at radius 3 is 2.20 bits per heavy atom. The fourth-order valence-electron chi connectivity index (χ4n) is 5.35. The third-order valence-corrected chi connectivity index (χ3v) is 7.69. The van der Waals surface area contributed by atoms with Crippen LogP contribution >= 0.6 is 0 Å². The number of carbonyl (C=O) groups excluding carboxylic acids is 1. The Balaban J connectivity index is 1.23. The number of H-pyrrole nitrogens is 1. The SMILES string of the molecule is COc1cc(OC)c2[nH]c3c(CC(=O)Nc4ccc(CCN(C)Cc5ccc(OC)c(OC)c5)cc4)cccc3c(=O)c2c1. The fourth-order valence-corrected chi connectivity index (χ4v) is 5.35. The van der Waals surface area contributed by atoms with Crippen LogP contribution in [0.25, 0.3) is 21.8 Å². The van der Waals surface area contributed by atoms with Crippen molar-refractivity contribution in [3.05, 3.63) is 99.7 Å². The molecule has 0 unspecified atom stereocenters. The zero-order valence-electron chi connectivity index (χ0n) is 25.7. The number of carbonyl (C=O) groups is 1. The molecule has 9 nitrogen and oxygen atoms in total. The standard InChI is InChI=1S/C35H37N3O6/c1-38(21-23-11-14-29(42-3)30(17-23)43-4)16-15-22-9-12-25(13-10-22)36-32(39)18-24-7-6-8-27-33(24)37-34-28(35(27)40)19-26(41-2)20-31(34)44-5/h6-14,17,19-20H,15-16,18,21H2,1-5H3,(H,36,39)(H,37,40). The highest BCUT2D eigenvalue weighted by Crippen LogP contribution is 2.31. The van der Waals surface area contributed by atoms with Gasteiger partial charge in [-0.25, -0.2) is 0 Å². The molecule has 44 heavy (non-hydrogen) atoms. The van der Waals surface area contributed by atoms with Gasteiger partial charge in [-0.1, -0.05) is 30.3 Å². The molecule has 9 heteroatoms. The van der Waals surface area contributed by atoms with E-state index in [1.165, 1.54) is 5.56 Å². The van der Waals surface area contributed by atoms with E-state index < -0.39 is 0 Å². The highest BCUT2D eigenvalue weighted by molar-refractivity contribution is 5.99. The third kappa shape index (κ3) is 6.63. The number of para-hydroxylation sites is 1. The molecule has 5 aromatic rings. The number of rotatable bonds is 12. The Bertz CT molecular complexity index is 1850. The monoisotopic (exact) mass is 595 g/mol. The molecule has 5 rings (SSSR count). The van der Waals surface area contributed by atoms with Crippen molar-refractivity contribution in [1.29, 1.82) is 0 Å². The van der Waals surface area contributed by atoms with Crippen molar-refractivity contribution in [3.63, 3.8) is 0 Å². The van der Waals surface area contributed by atoms with Gasteiger partial charge in [0.25, 0.3) is 0 Å². The van der Waals surface area contributed by atoms with E-state index in [0.717, 1.165) is 30.8 Å². The van der Waals surface area contributed by atoms with Gasteiger partial charge in [-0.15, -0.1) is 0 Å². The molecule has 228 valence electrons. The van der Waals surface area contributed by atoms with Crippen LogP contribution in [0, 0.1) is 0 Å². The maximum Gasteiger partial charge on any atom is 0.228 e. The van der Waals surface area contributed by atoms with Crippen molar-refractivity contribution in [2.24, 2.45) is 0 Å². The summed E-state index contributed by atoms with van der Waals surface area (Å²) in [6.45, 7) is 1.65. The van der Waals surface area contributed by atoms with E-state index in [2.05, 4.69) is 22.2 Å². The molecule has 2 N–H and O–H groups in total. The van der Waals surface area contributed by atoms with Crippen LogP contribution in [0.3, 0.4) is 0 Å². The molecule has 0 spiro atoms. The second kappa shape index (κ2) is 13.5. The van der Waals surface area contributed by atoms with E-state index in [9.17, 15) is 9.59 Å². The molecule has 1 heterocycles. The smallest absolute Gasteiger partial charge is 0.228 e. The summed E-state index contributed by atoms with van der Waals surface area (Å²) >= 11 is 0. The minimum absolute atomic E-state index is 0.0972. The number of likely N-dealkylation sites (N-methyl/N-ethyl adjacent to an activating group) is 1. The molecule has 0 aliphatic carbocycles. The van der Waals surface area contributed by atoms with Gasteiger partial charge in [0.2, 0.25) is 5.91 Å². The van der Waals surface area contributed by atoms with Gasteiger partial charge in [0.15, 0.2) is 16.9 Å². The second-order valence-corrected chi connectivity index (χ2v) is 10.6. The lowest BCUT2D eigenvalue weighted by atomic mass is 10.0. The Kier molecular flexibility index (Phi) is 9.35. The summed E-state index contributed by atoms with van der Waals surface area (Å²) in [5.41, 5.74) is 4.76. The van der Waals surface area contributed by atoms with Crippen LogP contribution in [0.4, 0.5) is 5.69 Å². The quantitative estimate of drug-likeness (QED) is 0.182. The molecule has 1 aromatic heterocycles. The molecule has 0 saturated heterocycles. The van der Waals surface area contributed by atoms with Gasteiger partial charge >= 0.3 is 0 Å². The number of nitrogens with zero attached hydrogens (tertiary/aromatic N) is 1. The number of pyridine rings is 1. The average molecular weight is 596 g/mol. The molecular formula is C35H37N3O6. The van der Waals surface area contributed by atoms with Crippen molar-refractivity contribution in [3.8, 4) is 23.0 Å². The number of amides is 1. The molecule has 0 radical (unpaired) electrons. The predicted molar refractivity (Wildman–Crippen MR) is 174 cm³/mol. The van der Waals surface area contributed by atoms with Crippen LogP contribution in [-0.2, 0) is 24.2 Å². The van der Waals surface area contributed by atoms with Crippen LogP contribution < -0.4 is 29.7 Å². The largest absolute Gasteiger partial charge is 0.497 e. The van der Waals surface area contributed by atoms with Crippen molar-refractivity contribution in [2.75, 3.05) is 47.3 Å². The molecule has 0 aliphatic heterocycles. The minimum atomic E-state index is -0.178. The maximum atomic E-state index is 13.4. The molecule has 4 aromatic carbocycles. The lowest BCUT2D eigenvalue weighted by Crippen LogP contribution is -2.20. The summed E-state index contributed by atoms with van der Waals surface area (Å²) in [6.07, 6.45) is 0.963. The van der Waals surface area contributed by atoms with E-state index in [1.54, 1.807) is 52.7 Å². The van der Waals surface area contributed by atoms with Crippen LogP contribution in [0.1, 0.15) is 16.7 Å². The van der Waals surface area contributed by atoms with Crippen LogP contribution in [-0.4, -0.2) is 57.8 Å². The number of fused-ring (bicyclic) bond motifs is 2. The first kappa shape index (κ1) is 30.4. The molecular weight excluding hydrogens is 558 g/mol. The Morgan fingerprint density at radius 2 is 1.50 bits per heavy atom. The van der Waals surface area contributed by atoms with Crippen LogP contribution in [0.15, 0.2) is 77.6 Å². The van der Waals surface area contributed by atoms with E-state index >= 15 is 0 Å². The maximum absolute atomic E-state index is 13.4. The normalized spacial score (nSPS) is 11.1. The predicted octanol–water partition coefficient (Wildman–Crippen LogP) is 5.57. The van der Waals surface area contributed by atoms with E-state index in [4.69, 9.17) is 18.9 Å². The number of aromatic amines is 1. The summed E-state index contributed by atoms with van der Waals surface area (Å²) in [7, 11) is 8.44. The molecule has 0 bridgehead atoms. The zero-order valence-corrected chi connectivity index (χ0v) is 25.7. The molecule has 0 saturated carbocycles. The number of hydrogen-bond acceptors (Lipinski definition) is 7. The van der Waals surface area contributed by atoms with Gasteiger partial charge in [0.05, 0.1) is 51.3 Å². The topological polar surface area (TPSA) is 102 Å². The lowest BCUT2D eigenvalue weighted by Gasteiger charge is -2.18. The third-order valence-electron chi connectivity index (χ3n) is 7.69. The van der Waals surface area contributed by atoms with Crippen molar-refractivity contribution < 1.29 is 23.7 Å². The van der Waals surface area contributed by atoms with Gasteiger partial charge in [-0.05, 0) is 66.6 Å². The Morgan fingerprint density at radius 1 is 0.773 bits per heavy atom. The number of nitrogens with one attached hydrogen (secondary N) is 2. The zero-order chi connectivity index (χ0) is 31.2. The van der Waals surface area contributed by atoms with Crippen LogP contribution in [0.2, 0.25) is 0 Å². The van der Waals surface area contributed by atoms with Crippen molar-refractivity contribution in [2.45, 2.75) is 19.4 Å². The van der Waals surface area contributed by atoms with E-state index in [-0.39, 0.29) is 17.8 Å². The average Bonchev–Trinajstić information content (AvgIpc) is 3.04. The van der Waals surface area contributed by atoms with Crippen LogP contribution in [0.5, 0.6) is 23.0 Å². The fraction of sp³-hybridized carbons (Fsp3) is 0.257. The number of hydrogen-bond donors (Lipinski definition) is 2. The first-order valence-electron chi connectivity index (χ1n) is 14.3. The highest BCUT2D eigenvalue weighted by Gasteiger charge is 2.15. The number of ether oxygens (including phenoxy) is 4. The minimum Gasteiger partial charge on any atom is -0.497 e. The summed E-state index contributed by atoms with van der Waals surface area (Å²) in [4.78, 5) is 32.0. The summed E-state index contributed by atoms with van der Waals surface area (Å²) in [6, 6.07) is 22.7. The van der Waals surface area contributed by atoms with Crippen molar-refractivity contribution >= 4 is 33.4 Å². The number of anilines is 1. The molecule has 0 aliphatic rings.